The molecule has 3 atom stereocenters. The topological polar surface area (TPSA) is 52.5 Å². The van der Waals surface area contributed by atoms with E-state index in [1.165, 1.54) is 0 Å². The highest BCUT2D eigenvalue weighted by atomic mass is 16.3. The first-order valence-electron chi connectivity index (χ1n) is 7.79. The van der Waals surface area contributed by atoms with Gasteiger partial charge in [-0.15, -0.1) is 0 Å². The van der Waals surface area contributed by atoms with Crippen LogP contribution in [0.4, 0.5) is 0 Å². The van der Waals surface area contributed by atoms with E-state index in [1.54, 1.807) is 0 Å². The summed E-state index contributed by atoms with van der Waals surface area (Å²) in [5.41, 5.74) is 3.02. The molecule has 0 saturated carbocycles. The summed E-state index contributed by atoms with van der Waals surface area (Å²) < 4.78 is 0. The van der Waals surface area contributed by atoms with Crippen LogP contribution in [0.25, 0.3) is 0 Å². The Morgan fingerprint density at radius 1 is 0.955 bits per heavy atom. The van der Waals surface area contributed by atoms with E-state index in [0.29, 0.717) is 6.42 Å². The highest BCUT2D eigenvalue weighted by Gasteiger charge is 2.15. The summed E-state index contributed by atoms with van der Waals surface area (Å²) in [6.45, 7) is 4.24. The molecule has 3 unspecified atom stereocenters. The lowest BCUT2D eigenvalue weighted by Crippen LogP contribution is -2.30. The molecule has 0 aliphatic rings. The maximum atomic E-state index is 10.3. The molecule has 2 aromatic carbocycles. The standard InChI is InChI=1S/C19H25NO2/c1-14(11-19(22)17-8-4-3-5-9-17)20-15(2)18-10-6-7-16(12-18)13-21/h3-10,12,14-15,19-22H,11,13H2,1-2H3. The number of hydrogen-bond donors (Lipinski definition) is 3. The monoisotopic (exact) mass is 299 g/mol. The molecule has 0 fully saturated rings. The fraction of sp³-hybridized carbons (Fsp3) is 0.368. The summed E-state index contributed by atoms with van der Waals surface area (Å²) in [6, 6.07) is 18.0. The molecule has 0 aliphatic carbocycles. The summed E-state index contributed by atoms with van der Waals surface area (Å²) in [6.07, 6.45) is 0.202. The zero-order valence-electron chi connectivity index (χ0n) is 13.2. The minimum Gasteiger partial charge on any atom is -0.392 e. The maximum Gasteiger partial charge on any atom is 0.0804 e. The molecule has 2 aromatic rings. The van der Waals surface area contributed by atoms with Gasteiger partial charge in [-0.25, -0.2) is 0 Å². The third kappa shape index (κ3) is 4.67. The molecule has 0 bridgehead atoms. The Bertz CT molecular complexity index is 571. The first-order chi connectivity index (χ1) is 10.6. The number of rotatable bonds is 7. The van der Waals surface area contributed by atoms with E-state index in [2.05, 4.69) is 25.2 Å². The van der Waals surface area contributed by atoms with Crippen molar-refractivity contribution in [3.63, 3.8) is 0 Å². The van der Waals surface area contributed by atoms with Crippen LogP contribution in [0.2, 0.25) is 0 Å². The van der Waals surface area contributed by atoms with Gasteiger partial charge in [-0.3, -0.25) is 0 Å². The third-order valence-electron chi connectivity index (χ3n) is 3.93. The van der Waals surface area contributed by atoms with E-state index in [9.17, 15) is 10.2 Å². The molecule has 118 valence electrons. The van der Waals surface area contributed by atoms with Gasteiger partial charge in [0.05, 0.1) is 12.7 Å². The van der Waals surface area contributed by atoms with Crippen LogP contribution in [0.15, 0.2) is 54.6 Å². The van der Waals surface area contributed by atoms with Gasteiger partial charge in [-0.05, 0) is 37.0 Å². The van der Waals surface area contributed by atoms with Gasteiger partial charge in [0.1, 0.15) is 0 Å². The zero-order chi connectivity index (χ0) is 15.9. The first-order valence-corrected chi connectivity index (χ1v) is 7.79. The van der Waals surface area contributed by atoms with Crippen LogP contribution in [0.1, 0.15) is 49.1 Å². The van der Waals surface area contributed by atoms with Crippen LogP contribution in [0.3, 0.4) is 0 Å². The van der Waals surface area contributed by atoms with E-state index in [-0.39, 0.29) is 18.7 Å². The lowest BCUT2D eigenvalue weighted by molar-refractivity contribution is 0.152. The molecule has 0 spiro atoms. The minimum absolute atomic E-state index is 0.0584. The normalized spacial score (nSPS) is 15.3. The molecule has 0 saturated heterocycles. The molecule has 2 rings (SSSR count). The Balaban J connectivity index is 1.92. The van der Waals surface area contributed by atoms with Crippen LogP contribution in [0.5, 0.6) is 0 Å². The quantitative estimate of drug-likeness (QED) is 0.735. The van der Waals surface area contributed by atoms with Gasteiger partial charge in [0.2, 0.25) is 0 Å². The van der Waals surface area contributed by atoms with Crippen molar-refractivity contribution in [3.05, 3.63) is 71.3 Å². The second-order valence-corrected chi connectivity index (χ2v) is 5.85. The summed E-state index contributed by atoms with van der Waals surface area (Å²) in [7, 11) is 0. The van der Waals surface area contributed by atoms with Crippen molar-refractivity contribution in [1.29, 1.82) is 0 Å². The Morgan fingerprint density at radius 2 is 1.64 bits per heavy atom. The Labute approximate surface area is 132 Å². The summed E-state index contributed by atoms with van der Waals surface area (Å²) in [5.74, 6) is 0. The fourth-order valence-corrected chi connectivity index (χ4v) is 2.70. The van der Waals surface area contributed by atoms with Gasteiger partial charge < -0.3 is 15.5 Å². The number of aliphatic hydroxyl groups excluding tert-OH is 2. The van der Waals surface area contributed by atoms with Crippen molar-refractivity contribution in [2.24, 2.45) is 0 Å². The summed E-state index contributed by atoms with van der Waals surface area (Å²) in [5, 5.41) is 23.0. The molecule has 0 amide bonds. The van der Waals surface area contributed by atoms with Crippen molar-refractivity contribution in [3.8, 4) is 0 Å². The fourth-order valence-electron chi connectivity index (χ4n) is 2.70. The maximum absolute atomic E-state index is 10.3. The van der Waals surface area contributed by atoms with Crippen LogP contribution in [-0.4, -0.2) is 16.3 Å². The molecule has 3 nitrogen and oxygen atoms in total. The van der Waals surface area contributed by atoms with E-state index in [1.807, 2.05) is 48.5 Å². The van der Waals surface area contributed by atoms with Gasteiger partial charge >= 0.3 is 0 Å². The Kier molecular flexibility index (Phi) is 6.13. The molecule has 3 N–H and O–H groups in total. The molecule has 0 aliphatic heterocycles. The lowest BCUT2D eigenvalue weighted by Gasteiger charge is -2.23. The average Bonchev–Trinajstić information content (AvgIpc) is 2.55. The minimum atomic E-state index is -0.459. The summed E-state index contributed by atoms with van der Waals surface area (Å²) in [4.78, 5) is 0. The van der Waals surface area contributed by atoms with Gasteiger partial charge in [-0.1, -0.05) is 54.6 Å². The molecule has 0 radical (unpaired) electrons. The van der Waals surface area contributed by atoms with Crippen LogP contribution in [0, 0.1) is 0 Å². The molecule has 0 aromatic heterocycles. The van der Waals surface area contributed by atoms with Crippen molar-refractivity contribution >= 4 is 0 Å². The molecular weight excluding hydrogens is 274 g/mol. The zero-order valence-corrected chi connectivity index (χ0v) is 13.2. The number of hydrogen-bond acceptors (Lipinski definition) is 3. The van der Waals surface area contributed by atoms with Crippen LogP contribution < -0.4 is 5.32 Å². The van der Waals surface area contributed by atoms with Crippen molar-refractivity contribution < 1.29 is 10.2 Å². The first kappa shape index (κ1) is 16.7. The van der Waals surface area contributed by atoms with Gasteiger partial charge in [0.25, 0.3) is 0 Å². The Morgan fingerprint density at radius 3 is 2.32 bits per heavy atom. The third-order valence-corrected chi connectivity index (χ3v) is 3.93. The SMILES string of the molecule is CC(CC(O)c1ccccc1)NC(C)c1cccc(CO)c1. The van der Waals surface area contributed by atoms with E-state index < -0.39 is 6.10 Å². The molecule has 0 heterocycles. The van der Waals surface area contributed by atoms with Crippen molar-refractivity contribution in [2.45, 2.75) is 45.1 Å². The van der Waals surface area contributed by atoms with E-state index in [0.717, 1.165) is 16.7 Å². The highest BCUT2D eigenvalue weighted by Crippen LogP contribution is 2.20. The van der Waals surface area contributed by atoms with Crippen molar-refractivity contribution in [1.82, 2.24) is 5.32 Å². The Hall–Kier alpha value is -1.68. The smallest absolute Gasteiger partial charge is 0.0804 e. The average molecular weight is 299 g/mol. The molecule has 22 heavy (non-hydrogen) atoms. The van der Waals surface area contributed by atoms with Gasteiger partial charge in [-0.2, -0.15) is 0 Å². The number of aliphatic hydroxyl groups is 2. The van der Waals surface area contributed by atoms with Gasteiger partial charge in [0, 0.05) is 12.1 Å². The van der Waals surface area contributed by atoms with Crippen LogP contribution >= 0.6 is 0 Å². The van der Waals surface area contributed by atoms with Gasteiger partial charge in [0.15, 0.2) is 0 Å². The highest BCUT2D eigenvalue weighted by molar-refractivity contribution is 5.25. The van der Waals surface area contributed by atoms with Crippen LogP contribution in [-0.2, 0) is 6.61 Å². The number of benzene rings is 2. The second kappa shape index (κ2) is 8.08. The lowest BCUT2D eigenvalue weighted by atomic mass is 10.0. The van der Waals surface area contributed by atoms with E-state index in [4.69, 9.17) is 0 Å². The largest absolute Gasteiger partial charge is 0.392 e. The predicted molar refractivity (Wildman–Crippen MR) is 89.4 cm³/mol. The number of nitrogens with one attached hydrogen (secondary N) is 1. The predicted octanol–water partition coefficient (Wildman–Crippen LogP) is 3.34. The molecule has 3 heteroatoms. The second-order valence-electron chi connectivity index (χ2n) is 5.85. The molecular formula is C19H25NO2. The van der Waals surface area contributed by atoms with Crippen molar-refractivity contribution in [2.75, 3.05) is 0 Å². The summed E-state index contributed by atoms with van der Waals surface area (Å²) >= 11 is 0. The van der Waals surface area contributed by atoms with E-state index >= 15 is 0 Å².